The van der Waals surface area contributed by atoms with Crippen LogP contribution in [0.25, 0.3) is 0 Å². The molecule has 96 valence electrons. The van der Waals surface area contributed by atoms with Crippen molar-refractivity contribution in [2.45, 2.75) is 18.5 Å². The molecule has 1 unspecified atom stereocenters. The number of phenols is 1. The SMILES string of the molecule is O=C1OCC2(CCNC2)N1Cc1ccccc1O. The molecule has 2 saturated heterocycles. The average Bonchev–Trinajstić information content (AvgIpc) is 2.95. The summed E-state index contributed by atoms with van der Waals surface area (Å²) in [5, 5.41) is 13.1. The third-order valence-electron chi connectivity index (χ3n) is 3.80. The van der Waals surface area contributed by atoms with Gasteiger partial charge in [-0.2, -0.15) is 0 Å². The number of ether oxygens (including phenoxy) is 1. The van der Waals surface area contributed by atoms with E-state index in [9.17, 15) is 9.90 Å². The fourth-order valence-electron chi connectivity index (χ4n) is 2.68. The molecule has 0 bridgehead atoms. The van der Waals surface area contributed by atoms with Crippen molar-refractivity contribution < 1.29 is 14.6 Å². The molecule has 2 aliphatic rings. The quantitative estimate of drug-likeness (QED) is 0.822. The fourth-order valence-corrected chi connectivity index (χ4v) is 2.68. The molecule has 1 spiro atoms. The number of carbonyl (C=O) groups is 1. The Balaban J connectivity index is 1.86. The van der Waals surface area contributed by atoms with Crippen molar-refractivity contribution in [2.24, 2.45) is 0 Å². The van der Waals surface area contributed by atoms with E-state index < -0.39 is 0 Å². The largest absolute Gasteiger partial charge is 0.508 e. The van der Waals surface area contributed by atoms with Crippen LogP contribution in [0.5, 0.6) is 5.75 Å². The second kappa shape index (κ2) is 4.17. The minimum Gasteiger partial charge on any atom is -0.508 e. The first kappa shape index (κ1) is 11.3. The Labute approximate surface area is 105 Å². The second-order valence-corrected chi connectivity index (χ2v) is 4.92. The maximum Gasteiger partial charge on any atom is 0.410 e. The van der Waals surface area contributed by atoms with E-state index >= 15 is 0 Å². The number of rotatable bonds is 2. The maximum absolute atomic E-state index is 11.8. The van der Waals surface area contributed by atoms with Gasteiger partial charge in [0.15, 0.2) is 0 Å². The zero-order valence-corrected chi connectivity index (χ0v) is 10.1. The van der Waals surface area contributed by atoms with E-state index in [0.717, 1.165) is 25.1 Å². The highest BCUT2D eigenvalue weighted by atomic mass is 16.6. The Bertz CT molecular complexity index is 469. The lowest BCUT2D eigenvalue weighted by Crippen LogP contribution is -2.48. The minimum absolute atomic E-state index is 0.221. The van der Waals surface area contributed by atoms with Crippen molar-refractivity contribution in [3.05, 3.63) is 29.8 Å². The summed E-state index contributed by atoms with van der Waals surface area (Å²) in [6.45, 7) is 2.49. The van der Waals surface area contributed by atoms with E-state index in [2.05, 4.69) is 5.32 Å². The lowest BCUT2D eigenvalue weighted by molar-refractivity contribution is 0.149. The zero-order valence-electron chi connectivity index (χ0n) is 10.1. The number of phenolic OH excluding ortho intramolecular Hbond substituents is 1. The summed E-state index contributed by atoms with van der Waals surface area (Å²) in [6, 6.07) is 7.09. The van der Waals surface area contributed by atoms with Gasteiger partial charge in [0.2, 0.25) is 0 Å². The standard InChI is InChI=1S/C13H16N2O3/c16-11-4-2-1-3-10(11)7-15-12(17)18-9-13(15)5-6-14-8-13/h1-4,14,16H,5-9H2. The molecule has 0 radical (unpaired) electrons. The highest BCUT2D eigenvalue weighted by Gasteiger charge is 2.49. The number of nitrogens with zero attached hydrogens (tertiary/aromatic N) is 1. The predicted octanol–water partition coefficient (Wildman–Crippen LogP) is 1.08. The summed E-state index contributed by atoms with van der Waals surface area (Å²) < 4.78 is 5.18. The molecule has 0 aliphatic carbocycles. The van der Waals surface area contributed by atoms with Crippen molar-refractivity contribution in [1.29, 1.82) is 0 Å². The summed E-state index contributed by atoms with van der Waals surface area (Å²) in [5.74, 6) is 0.221. The van der Waals surface area contributed by atoms with Gasteiger partial charge in [0, 0.05) is 12.1 Å². The van der Waals surface area contributed by atoms with Gasteiger partial charge in [-0.3, -0.25) is 4.90 Å². The van der Waals surface area contributed by atoms with Crippen molar-refractivity contribution in [3.63, 3.8) is 0 Å². The smallest absolute Gasteiger partial charge is 0.410 e. The van der Waals surface area contributed by atoms with Gasteiger partial charge in [-0.05, 0) is 19.0 Å². The number of hydrogen-bond donors (Lipinski definition) is 2. The molecule has 2 N–H and O–H groups in total. The van der Waals surface area contributed by atoms with E-state index in [1.807, 2.05) is 12.1 Å². The van der Waals surface area contributed by atoms with Crippen LogP contribution >= 0.6 is 0 Å². The van der Waals surface area contributed by atoms with Crippen LogP contribution in [0, 0.1) is 0 Å². The Hall–Kier alpha value is -1.75. The highest BCUT2D eigenvalue weighted by Crippen LogP contribution is 2.33. The molecule has 2 heterocycles. The lowest BCUT2D eigenvalue weighted by Gasteiger charge is -2.30. The number of carbonyl (C=O) groups excluding carboxylic acids is 1. The van der Waals surface area contributed by atoms with Crippen LogP contribution < -0.4 is 5.32 Å². The topological polar surface area (TPSA) is 61.8 Å². The molecule has 0 aromatic heterocycles. The van der Waals surface area contributed by atoms with Crippen LogP contribution in [0.1, 0.15) is 12.0 Å². The Kier molecular flexibility index (Phi) is 2.63. The molecule has 3 rings (SSSR count). The molecule has 1 atom stereocenters. The molecular weight excluding hydrogens is 232 g/mol. The molecule has 5 heteroatoms. The number of cyclic esters (lactones) is 1. The first-order valence-electron chi connectivity index (χ1n) is 6.13. The van der Waals surface area contributed by atoms with Crippen molar-refractivity contribution in [3.8, 4) is 5.75 Å². The Morgan fingerprint density at radius 3 is 3.00 bits per heavy atom. The highest BCUT2D eigenvalue weighted by molar-refractivity contribution is 5.71. The molecule has 0 saturated carbocycles. The Morgan fingerprint density at radius 1 is 1.44 bits per heavy atom. The van der Waals surface area contributed by atoms with Crippen molar-refractivity contribution >= 4 is 6.09 Å². The molecule has 1 aromatic rings. The van der Waals surface area contributed by atoms with Gasteiger partial charge in [0.1, 0.15) is 12.4 Å². The minimum atomic E-state index is -0.290. The fraction of sp³-hybridized carbons (Fsp3) is 0.462. The third kappa shape index (κ3) is 1.71. The number of hydrogen-bond acceptors (Lipinski definition) is 4. The normalized spacial score (nSPS) is 26.9. The van der Waals surface area contributed by atoms with E-state index in [1.165, 1.54) is 0 Å². The van der Waals surface area contributed by atoms with Crippen molar-refractivity contribution in [2.75, 3.05) is 19.7 Å². The summed E-state index contributed by atoms with van der Waals surface area (Å²) in [5.41, 5.74) is 0.516. The van der Waals surface area contributed by atoms with Crippen LogP contribution in [0.3, 0.4) is 0 Å². The molecule has 1 amide bonds. The Morgan fingerprint density at radius 2 is 2.28 bits per heavy atom. The van der Waals surface area contributed by atoms with Crippen LogP contribution in [0.15, 0.2) is 24.3 Å². The molecule has 1 aromatic carbocycles. The van der Waals surface area contributed by atoms with E-state index in [1.54, 1.807) is 17.0 Å². The van der Waals surface area contributed by atoms with Gasteiger partial charge in [-0.25, -0.2) is 4.79 Å². The van der Waals surface area contributed by atoms with Gasteiger partial charge in [-0.15, -0.1) is 0 Å². The average molecular weight is 248 g/mol. The van der Waals surface area contributed by atoms with E-state index in [0.29, 0.717) is 13.2 Å². The van der Waals surface area contributed by atoms with Gasteiger partial charge in [0.05, 0.1) is 12.1 Å². The van der Waals surface area contributed by atoms with Crippen LogP contribution in [-0.2, 0) is 11.3 Å². The van der Waals surface area contributed by atoms with Gasteiger partial charge in [0.25, 0.3) is 0 Å². The van der Waals surface area contributed by atoms with Gasteiger partial charge in [-0.1, -0.05) is 18.2 Å². The second-order valence-electron chi connectivity index (χ2n) is 4.92. The number of benzene rings is 1. The predicted molar refractivity (Wildman–Crippen MR) is 65.2 cm³/mol. The summed E-state index contributed by atoms with van der Waals surface area (Å²) in [7, 11) is 0. The zero-order chi connectivity index (χ0) is 12.6. The molecule has 18 heavy (non-hydrogen) atoms. The van der Waals surface area contributed by atoms with Crippen molar-refractivity contribution in [1.82, 2.24) is 10.2 Å². The lowest BCUT2D eigenvalue weighted by atomic mass is 9.98. The first-order valence-corrected chi connectivity index (χ1v) is 6.13. The van der Waals surface area contributed by atoms with Gasteiger partial charge >= 0.3 is 6.09 Å². The summed E-state index contributed by atoms with van der Waals surface area (Å²) in [4.78, 5) is 13.6. The third-order valence-corrected chi connectivity index (χ3v) is 3.80. The first-order chi connectivity index (χ1) is 8.71. The maximum atomic E-state index is 11.8. The van der Waals surface area contributed by atoms with Crippen LogP contribution in [0.4, 0.5) is 4.79 Å². The summed E-state index contributed by atoms with van der Waals surface area (Å²) in [6.07, 6.45) is 0.605. The number of aromatic hydroxyl groups is 1. The van der Waals surface area contributed by atoms with Gasteiger partial charge < -0.3 is 15.2 Å². The van der Waals surface area contributed by atoms with E-state index in [4.69, 9.17) is 4.74 Å². The molecule has 5 nitrogen and oxygen atoms in total. The molecule has 2 fully saturated rings. The molecular formula is C13H16N2O3. The van der Waals surface area contributed by atoms with Crippen LogP contribution in [-0.4, -0.2) is 41.3 Å². The summed E-state index contributed by atoms with van der Waals surface area (Å²) >= 11 is 0. The number of para-hydroxylation sites is 1. The van der Waals surface area contributed by atoms with E-state index in [-0.39, 0.29) is 17.4 Å². The van der Waals surface area contributed by atoms with Crippen LogP contribution in [0.2, 0.25) is 0 Å². The number of nitrogens with one attached hydrogen (secondary N) is 1. The monoisotopic (exact) mass is 248 g/mol. The molecule has 2 aliphatic heterocycles. The number of amides is 1.